The van der Waals surface area contributed by atoms with Crippen molar-refractivity contribution in [2.45, 2.75) is 19.4 Å². The van der Waals surface area contributed by atoms with Gasteiger partial charge in [-0.3, -0.25) is 9.59 Å². The molecule has 0 saturated carbocycles. The van der Waals surface area contributed by atoms with Crippen LogP contribution in [0.2, 0.25) is 0 Å². The van der Waals surface area contributed by atoms with E-state index in [0.717, 1.165) is 5.56 Å². The molecule has 22 heavy (non-hydrogen) atoms. The highest BCUT2D eigenvalue weighted by Crippen LogP contribution is 2.05. The number of nitrogens with one attached hydrogen (secondary N) is 2. The fourth-order valence-electron chi connectivity index (χ4n) is 1.84. The molecule has 1 aromatic carbocycles. The van der Waals surface area contributed by atoms with Gasteiger partial charge in [0.05, 0.1) is 19.4 Å². The predicted octanol–water partition coefficient (Wildman–Crippen LogP) is 1.78. The number of hydrogen-bond acceptors (Lipinski definition) is 3. The summed E-state index contributed by atoms with van der Waals surface area (Å²) in [5.41, 5.74) is 0.874. The summed E-state index contributed by atoms with van der Waals surface area (Å²) in [6, 6.07) is 9.47. The molecule has 0 fully saturated rings. The van der Waals surface area contributed by atoms with Crippen molar-refractivity contribution in [2.75, 3.05) is 6.54 Å². The molecular formula is C16H17FN2O3. The molecule has 5 nitrogen and oxygen atoms in total. The van der Waals surface area contributed by atoms with Crippen molar-refractivity contribution in [3.8, 4) is 0 Å². The molecule has 2 amide bonds. The number of halogens is 1. The van der Waals surface area contributed by atoms with Gasteiger partial charge in [-0.1, -0.05) is 12.1 Å². The maximum Gasteiger partial charge on any atom is 0.239 e. The van der Waals surface area contributed by atoms with Gasteiger partial charge in [-0.2, -0.15) is 0 Å². The van der Waals surface area contributed by atoms with E-state index in [4.69, 9.17) is 4.42 Å². The molecule has 0 aliphatic carbocycles. The van der Waals surface area contributed by atoms with Crippen molar-refractivity contribution >= 4 is 11.8 Å². The topological polar surface area (TPSA) is 71.3 Å². The molecule has 0 bridgehead atoms. The monoisotopic (exact) mass is 304 g/mol. The van der Waals surface area contributed by atoms with E-state index in [1.165, 1.54) is 18.4 Å². The normalized spacial score (nSPS) is 10.2. The minimum Gasteiger partial charge on any atom is -0.467 e. The first-order valence-corrected chi connectivity index (χ1v) is 6.94. The van der Waals surface area contributed by atoms with Crippen molar-refractivity contribution in [3.63, 3.8) is 0 Å². The Morgan fingerprint density at radius 3 is 2.50 bits per heavy atom. The van der Waals surface area contributed by atoms with Gasteiger partial charge in [0.2, 0.25) is 11.8 Å². The van der Waals surface area contributed by atoms with Gasteiger partial charge in [-0.15, -0.1) is 0 Å². The summed E-state index contributed by atoms with van der Waals surface area (Å²) in [6.45, 7) is 0.209. The number of amides is 2. The van der Waals surface area contributed by atoms with Crippen LogP contribution < -0.4 is 10.6 Å². The highest BCUT2D eigenvalue weighted by molar-refractivity contribution is 5.84. The van der Waals surface area contributed by atoms with Crippen molar-refractivity contribution < 1.29 is 18.4 Å². The first kappa shape index (κ1) is 15.8. The van der Waals surface area contributed by atoms with Crippen LogP contribution in [0, 0.1) is 5.82 Å². The molecule has 1 aromatic heterocycles. The Bertz CT molecular complexity index is 609. The Labute approximate surface area is 127 Å². The van der Waals surface area contributed by atoms with Crippen LogP contribution in [-0.4, -0.2) is 18.4 Å². The van der Waals surface area contributed by atoms with E-state index in [0.29, 0.717) is 12.2 Å². The van der Waals surface area contributed by atoms with E-state index < -0.39 is 0 Å². The van der Waals surface area contributed by atoms with Crippen molar-refractivity contribution in [3.05, 3.63) is 59.8 Å². The van der Waals surface area contributed by atoms with Crippen LogP contribution in [0.25, 0.3) is 0 Å². The smallest absolute Gasteiger partial charge is 0.239 e. The summed E-state index contributed by atoms with van der Waals surface area (Å²) in [7, 11) is 0. The van der Waals surface area contributed by atoms with Crippen molar-refractivity contribution in [1.29, 1.82) is 0 Å². The molecule has 0 aliphatic rings. The lowest BCUT2D eigenvalue weighted by Gasteiger charge is -2.06. The van der Waals surface area contributed by atoms with Gasteiger partial charge in [0.15, 0.2) is 0 Å². The predicted molar refractivity (Wildman–Crippen MR) is 78.3 cm³/mol. The second-order valence-electron chi connectivity index (χ2n) is 4.76. The van der Waals surface area contributed by atoms with Crippen LogP contribution >= 0.6 is 0 Å². The van der Waals surface area contributed by atoms with E-state index in [2.05, 4.69) is 10.6 Å². The molecule has 2 aromatic rings. The van der Waals surface area contributed by atoms with Gasteiger partial charge in [-0.25, -0.2) is 4.39 Å². The molecule has 116 valence electrons. The van der Waals surface area contributed by atoms with Crippen LogP contribution in [0.15, 0.2) is 47.1 Å². The minimum atomic E-state index is -0.304. The first-order chi connectivity index (χ1) is 10.6. The lowest BCUT2D eigenvalue weighted by atomic mass is 10.1. The average molecular weight is 304 g/mol. The zero-order valence-electron chi connectivity index (χ0n) is 12.0. The summed E-state index contributed by atoms with van der Waals surface area (Å²) in [5.74, 6) is -0.165. The largest absolute Gasteiger partial charge is 0.467 e. The summed E-state index contributed by atoms with van der Waals surface area (Å²) in [5, 5.41) is 5.17. The van der Waals surface area contributed by atoms with Crippen LogP contribution in [-0.2, 0) is 22.6 Å². The summed E-state index contributed by atoms with van der Waals surface area (Å²) in [4.78, 5) is 23.2. The number of carbonyl (C=O) groups is 2. The third-order valence-electron chi connectivity index (χ3n) is 3.04. The molecule has 0 saturated heterocycles. The zero-order valence-corrected chi connectivity index (χ0v) is 12.0. The summed E-state index contributed by atoms with van der Waals surface area (Å²) < 4.78 is 17.8. The molecule has 0 atom stereocenters. The molecule has 2 N–H and O–H groups in total. The third kappa shape index (κ3) is 5.40. The molecule has 1 heterocycles. The van der Waals surface area contributed by atoms with E-state index in [1.54, 1.807) is 24.3 Å². The Morgan fingerprint density at radius 1 is 1.05 bits per heavy atom. The summed E-state index contributed by atoms with van der Waals surface area (Å²) >= 11 is 0. The zero-order chi connectivity index (χ0) is 15.8. The number of benzene rings is 1. The van der Waals surface area contributed by atoms with Gasteiger partial charge in [0.1, 0.15) is 11.6 Å². The fourth-order valence-corrected chi connectivity index (χ4v) is 1.84. The first-order valence-electron chi connectivity index (χ1n) is 6.94. The third-order valence-corrected chi connectivity index (χ3v) is 3.04. The van der Waals surface area contributed by atoms with Gasteiger partial charge in [0.25, 0.3) is 0 Å². The van der Waals surface area contributed by atoms with Gasteiger partial charge < -0.3 is 15.1 Å². The average Bonchev–Trinajstić information content (AvgIpc) is 3.04. The van der Waals surface area contributed by atoms with Crippen LogP contribution in [0.5, 0.6) is 0 Å². The Kier molecular flexibility index (Phi) is 5.71. The highest BCUT2D eigenvalue weighted by Gasteiger charge is 2.06. The van der Waals surface area contributed by atoms with Crippen LogP contribution in [0.3, 0.4) is 0 Å². The molecule has 0 radical (unpaired) electrons. The number of aryl methyl sites for hydroxylation is 1. The van der Waals surface area contributed by atoms with E-state index >= 15 is 0 Å². The van der Waals surface area contributed by atoms with Crippen molar-refractivity contribution in [2.24, 2.45) is 0 Å². The summed E-state index contributed by atoms with van der Waals surface area (Å²) in [6.07, 6.45) is 2.27. The Hall–Kier alpha value is -2.63. The lowest BCUT2D eigenvalue weighted by Crippen LogP contribution is -2.36. The Morgan fingerprint density at radius 2 is 1.82 bits per heavy atom. The molecule has 0 unspecified atom stereocenters. The quantitative estimate of drug-likeness (QED) is 0.819. The van der Waals surface area contributed by atoms with Crippen molar-refractivity contribution in [1.82, 2.24) is 10.6 Å². The Balaban J connectivity index is 1.62. The second-order valence-corrected chi connectivity index (χ2v) is 4.76. The van der Waals surface area contributed by atoms with E-state index in [-0.39, 0.29) is 37.1 Å². The number of carbonyl (C=O) groups excluding carboxylic acids is 2. The molecule has 6 heteroatoms. The maximum atomic E-state index is 12.7. The highest BCUT2D eigenvalue weighted by atomic mass is 19.1. The standard InChI is InChI=1S/C16H17FN2O3/c17-13-6-3-12(4-7-13)5-8-15(20)19-11-16(21)18-10-14-2-1-9-22-14/h1-4,6-7,9H,5,8,10-11H2,(H,18,21)(H,19,20). The number of hydrogen-bond donors (Lipinski definition) is 2. The van der Waals surface area contributed by atoms with Crippen LogP contribution in [0.4, 0.5) is 4.39 Å². The van der Waals surface area contributed by atoms with E-state index in [9.17, 15) is 14.0 Å². The van der Waals surface area contributed by atoms with Gasteiger partial charge in [-0.05, 0) is 36.2 Å². The number of furan rings is 1. The maximum absolute atomic E-state index is 12.7. The molecular weight excluding hydrogens is 287 g/mol. The minimum absolute atomic E-state index is 0.0804. The number of rotatable bonds is 7. The van der Waals surface area contributed by atoms with Gasteiger partial charge >= 0.3 is 0 Å². The van der Waals surface area contributed by atoms with Crippen LogP contribution in [0.1, 0.15) is 17.7 Å². The van der Waals surface area contributed by atoms with Gasteiger partial charge in [0, 0.05) is 6.42 Å². The van der Waals surface area contributed by atoms with E-state index in [1.807, 2.05) is 0 Å². The lowest BCUT2D eigenvalue weighted by molar-refractivity contribution is -0.126. The fraction of sp³-hybridized carbons (Fsp3) is 0.250. The second kappa shape index (κ2) is 7.97. The SMILES string of the molecule is O=C(CCc1ccc(F)cc1)NCC(=O)NCc1ccco1. The molecule has 0 spiro atoms. The molecule has 2 rings (SSSR count). The molecule has 0 aliphatic heterocycles.